The van der Waals surface area contributed by atoms with Crippen LogP contribution in [0.25, 0.3) is 16.2 Å². The van der Waals surface area contributed by atoms with Gasteiger partial charge >= 0.3 is 6.03 Å². The van der Waals surface area contributed by atoms with Gasteiger partial charge in [0.15, 0.2) is 4.96 Å². The Kier molecular flexibility index (Phi) is 6.96. The van der Waals surface area contributed by atoms with Gasteiger partial charge in [0, 0.05) is 60.7 Å². The summed E-state index contributed by atoms with van der Waals surface area (Å²) < 4.78 is 26.4. The number of fused-ring (bicyclic) bond motifs is 1. The summed E-state index contributed by atoms with van der Waals surface area (Å²) in [5.74, 6) is 0.417. The fourth-order valence-corrected chi connectivity index (χ4v) is 5.14. The Morgan fingerprint density at radius 1 is 1.31 bits per heavy atom. The molecule has 0 spiro atoms. The number of benzene rings is 2. The first-order valence-corrected chi connectivity index (χ1v) is 12.5. The number of nitrogens with one attached hydrogen (secondary N) is 1. The molecule has 7 nitrogen and oxygen atoms in total. The van der Waals surface area contributed by atoms with Crippen molar-refractivity contribution in [3.8, 4) is 17.0 Å². The minimum absolute atomic E-state index is 0.0480. The topological polar surface area (TPSA) is 68.1 Å². The van der Waals surface area contributed by atoms with Crippen molar-refractivity contribution in [3.63, 3.8) is 0 Å². The third-order valence-electron chi connectivity index (χ3n) is 6.12. The molecule has 3 heterocycles. The molecule has 1 unspecified atom stereocenters. The summed E-state index contributed by atoms with van der Waals surface area (Å²) in [7, 11) is 1.60. The highest BCUT2D eigenvalue weighted by Gasteiger charge is 2.23. The van der Waals surface area contributed by atoms with Crippen molar-refractivity contribution in [2.24, 2.45) is 0 Å². The largest absolute Gasteiger partial charge is 0.497 e. The zero-order valence-electron chi connectivity index (χ0n) is 19.4. The van der Waals surface area contributed by atoms with Gasteiger partial charge < -0.3 is 19.7 Å². The Morgan fingerprint density at radius 2 is 2.17 bits per heavy atom. The molecule has 0 radical (unpaired) electrons. The van der Waals surface area contributed by atoms with Crippen LogP contribution in [0.3, 0.4) is 0 Å². The number of thiazole rings is 1. The van der Waals surface area contributed by atoms with Gasteiger partial charge in [0.25, 0.3) is 0 Å². The van der Waals surface area contributed by atoms with E-state index in [1.165, 1.54) is 12.1 Å². The zero-order valence-corrected chi connectivity index (χ0v) is 20.3. The van der Waals surface area contributed by atoms with Crippen molar-refractivity contribution in [3.05, 3.63) is 71.6 Å². The number of imidazole rings is 1. The van der Waals surface area contributed by atoms with Crippen molar-refractivity contribution in [2.45, 2.75) is 25.4 Å². The number of ether oxygens (including phenoxy) is 2. The molecule has 2 aromatic heterocycles. The van der Waals surface area contributed by atoms with Gasteiger partial charge in [0.1, 0.15) is 11.6 Å². The Labute approximate surface area is 207 Å². The third-order valence-corrected chi connectivity index (χ3v) is 7.01. The van der Waals surface area contributed by atoms with E-state index in [1.54, 1.807) is 36.6 Å². The number of methoxy groups -OCH3 is 1. The van der Waals surface area contributed by atoms with Crippen LogP contribution in [0, 0.1) is 5.82 Å². The first-order chi connectivity index (χ1) is 17.1. The number of urea groups is 1. The van der Waals surface area contributed by atoms with Crippen molar-refractivity contribution in [2.75, 3.05) is 32.1 Å². The quantitative estimate of drug-likeness (QED) is 0.353. The monoisotopic (exact) mass is 494 g/mol. The van der Waals surface area contributed by atoms with E-state index in [0.29, 0.717) is 30.9 Å². The van der Waals surface area contributed by atoms with Crippen LogP contribution in [0.4, 0.5) is 14.9 Å². The predicted octanol–water partition coefficient (Wildman–Crippen LogP) is 5.47. The van der Waals surface area contributed by atoms with E-state index < -0.39 is 0 Å². The third kappa shape index (κ3) is 5.47. The number of rotatable bonds is 8. The molecule has 182 valence electrons. The number of carbonyl (C=O) groups is 1. The molecule has 5 rings (SSSR count). The first kappa shape index (κ1) is 23.3. The van der Waals surface area contributed by atoms with Crippen molar-refractivity contribution < 1.29 is 18.7 Å². The standard InChI is InChI=1S/C26H27FN4O3S/c1-33-22-5-2-4-20(14-22)28-25(32)30(15-23-6-3-13-34-23)12-11-21-17-35-26-29-24(16-31(21)26)18-7-9-19(27)10-8-18/h2,4-5,7-10,14,16-17,23H,3,6,11-13,15H2,1H3,(H,28,32). The zero-order chi connectivity index (χ0) is 24.2. The Bertz CT molecular complexity index is 1300. The van der Waals surface area contributed by atoms with Crippen LogP contribution in [0.1, 0.15) is 18.5 Å². The van der Waals surface area contributed by atoms with Gasteiger partial charge in [-0.15, -0.1) is 11.3 Å². The van der Waals surface area contributed by atoms with Gasteiger partial charge in [-0.1, -0.05) is 6.07 Å². The van der Waals surface area contributed by atoms with E-state index in [-0.39, 0.29) is 18.0 Å². The number of hydrogen-bond acceptors (Lipinski definition) is 5. The summed E-state index contributed by atoms with van der Waals surface area (Å²) in [6, 6.07) is 13.5. The molecule has 0 aliphatic carbocycles. The molecule has 1 saturated heterocycles. The number of hydrogen-bond donors (Lipinski definition) is 1. The molecule has 1 aliphatic heterocycles. The van der Waals surface area contributed by atoms with Crippen LogP contribution in [-0.4, -0.2) is 53.2 Å². The van der Waals surface area contributed by atoms with Crippen LogP contribution in [0.15, 0.2) is 60.1 Å². The summed E-state index contributed by atoms with van der Waals surface area (Å²) in [4.78, 5) is 20.6. The molecular weight excluding hydrogens is 467 g/mol. The maximum Gasteiger partial charge on any atom is 0.321 e. The molecule has 0 bridgehead atoms. The average molecular weight is 495 g/mol. The molecule has 35 heavy (non-hydrogen) atoms. The second-order valence-electron chi connectivity index (χ2n) is 8.51. The van der Waals surface area contributed by atoms with E-state index in [2.05, 4.69) is 15.7 Å². The lowest BCUT2D eigenvalue weighted by atomic mass is 10.2. The summed E-state index contributed by atoms with van der Waals surface area (Å²) in [6.07, 6.45) is 4.65. The molecule has 0 saturated carbocycles. The summed E-state index contributed by atoms with van der Waals surface area (Å²) in [5.41, 5.74) is 3.41. The molecule has 1 aliphatic rings. The van der Waals surface area contributed by atoms with Gasteiger partial charge in [0.05, 0.1) is 18.9 Å². The van der Waals surface area contributed by atoms with Gasteiger partial charge in [0.2, 0.25) is 0 Å². The van der Waals surface area contributed by atoms with Gasteiger partial charge in [-0.05, 0) is 49.2 Å². The van der Waals surface area contributed by atoms with Crippen LogP contribution >= 0.6 is 11.3 Å². The van der Waals surface area contributed by atoms with E-state index >= 15 is 0 Å². The molecule has 1 atom stereocenters. The number of aromatic nitrogens is 2. The molecule has 2 aromatic carbocycles. The molecular formula is C26H27FN4O3S. The van der Waals surface area contributed by atoms with Crippen LogP contribution in [0.5, 0.6) is 5.75 Å². The van der Waals surface area contributed by atoms with E-state index in [4.69, 9.17) is 9.47 Å². The highest BCUT2D eigenvalue weighted by molar-refractivity contribution is 7.15. The van der Waals surface area contributed by atoms with Gasteiger partial charge in [-0.2, -0.15) is 0 Å². The van der Waals surface area contributed by atoms with Crippen molar-refractivity contribution >= 4 is 28.0 Å². The summed E-state index contributed by atoms with van der Waals surface area (Å²) >= 11 is 1.55. The molecule has 2 amide bonds. The highest BCUT2D eigenvalue weighted by Crippen LogP contribution is 2.25. The highest BCUT2D eigenvalue weighted by atomic mass is 32.1. The molecule has 1 fully saturated rings. The van der Waals surface area contributed by atoms with E-state index in [0.717, 1.165) is 41.4 Å². The smallest absolute Gasteiger partial charge is 0.321 e. The number of anilines is 1. The van der Waals surface area contributed by atoms with Crippen LogP contribution in [-0.2, 0) is 11.2 Å². The molecule has 1 N–H and O–H groups in total. The SMILES string of the molecule is COc1cccc(NC(=O)N(CCc2csc3nc(-c4ccc(F)cc4)cn23)CC2CCCO2)c1. The fraction of sp³-hybridized carbons (Fsp3) is 0.308. The van der Waals surface area contributed by atoms with Crippen molar-refractivity contribution in [1.29, 1.82) is 0 Å². The lowest BCUT2D eigenvalue weighted by Gasteiger charge is -2.26. The number of nitrogens with zero attached hydrogens (tertiary/aromatic N) is 3. The number of halogens is 1. The average Bonchev–Trinajstić information content (AvgIpc) is 3.61. The fourth-order valence-electron chi connectivity index (χ4n) is 4.23. The second-order valence-corrected chi connectivity index (χ2v) is 9.34. The van der Waals surface area contributed by atoms with Gasteiger partial charge in [-0.25, -0.2) is 14.2 Å². The number of amides is 2. The maximum absolute atomic E-state index is 13.3. The minimum Gasteiger partial charge on any atom is -0.497 e. The second kappa shape index (κ2) is 10.5. The summed E-state index contributed by atoms with van der Waals surface area (Å²) in [5, 5.41) is 5.06. The van der Waals surface area contributed by atoms with Crippen molar-refractivity contribution in [1.82, 2.24) is 14.3 Å². The molecule has 4 aromatic rings. The van der Waals surface area contributed by atoms with Gasteiger partial charge in [-0.3, -0.25) is 4.40 Å². The normalized spacial score (nSPS) is 15.4. The lowest BCUT2D eigenvalue weighted by molar-refractivity contribution is 0.0838. The Hall–Kier alpha value is -3.43. The van der Waals surface area contributed by atoms with E-state index in [9.17, 15) is 9.18 Å². The molecule has 9 heteroatoms. The number of carbonyl (C=O) groups excluding carboxylic acids is 1. The lowest BCUT2D eigenvalue weighted by Crippen LogP contribution is -2.41. The Balaban J connectivity index is 1.31. The predicted molar refractivity (Wildman–Crippen MR) is 135 cm³/mol. The minimum atomic E-state index is -0.269. The summed E-state index contributed by atoms with van der Waals surface area (Å²) in [6.45, 7) is 1.81. The van der Waals surface area contributed by atoms with E-state index in [1.807, 2.05) is 33.7 Å². The maximum atomic E-state index is 13.3. The first-order valence-electron chi connectivity index (χ1n) is 11.6. The van der Waals surface area contributed by atoms with Crippen LogP contribution < -0.4 is 10.1 Å². The Morgan fingerprint density at radius 3 is 2.94 bits per heavy atom. The van der Waals surface area contributed by atoms with Crippen LogP contribution in [0.2, 0.25) is 0 Å².